The molecule has 0 unspecified atom stereocenters. The molecule has 1 aromatic rings. The van der Waals surface area contributed by atoms with Crippen molar-refractivity contribution in [3.8, 4) is 5.75 Å². The minimum absolute atomic E-state index is 0.433. The summed E-state index contributed by atoms with van der Waals surface area (Å²) in [6.07, 6.45) is 1.55. The maximum atomic E-state index is 12.3. The number of nitro groups is 1. The van der Waals surface area contributed by atoms with Gasteiger partial charge in [0, 0.05) is 23.8 Å². The Hall–Kier alpha value is -2.63. The summed E-state index contributed by atoms with van der Waals surface area (Å²) in [5.41, 5.74) is -6.67. The quantitative estimate of drug-likeness (QED) is 0.198. The number of benzene rings is 1. The molecule has 0 amide bonds. The van der Waals surface area contributed by atoms with Gasteiger partial charge in [0.2, 0.25) is 0 Å². The number of hydrogen-bond acceptors (Lipinski definition) is 7. The monoisotopic (exact) mass is 355 g/mol. The third kappa shape index (κ3) is 4.67. The minimum atomic E-state index is -5.97. The van der Waals surface area contributed by atoms with E-state index in [2.05, 4.69) is 8.92 Å². The Bertz CT molecular complexity index is 755. The van der Waals surface area contributed by atoms with Gasteiger partial charge in [-0.25, -0.2) is 4.79 Å². The van der Waals surface area contributed by atoms with Crippen molar-refractivity contribution in [3.63, 3.8) is 0 Å². The van der Waals surface area contributed by atoms with Crippen molar-refractivity contribution in [2.45, 2.75) is 5.51 Å². The van der Waals surface area contributed by atoms with Crippen LogP contribution >= 0.6 is 0 Å². The van der Waals surface area contributed by atoms with Crippen LogP contribution in [0.4, 0.5) is 18.9 Å². The highest BCUT2D eigenvalue weighted by molar-refractivity contribution is 7.88. The molecule has 0 aliphatic heterocycles. The normalized spacial score (nSPS) is 12.2. The van der Waals surface area contributed by atoms with Crippen LogP contribution < -0.4 is 4.18 Å². The summed E-state index contributed by atoms with van der Waals surface area (Å²) < 4.78 is 67.1. The zero-order valence-corrected chi connectivity index (χ0v) is 12.1. The highest BCUT2D eigenvalue weighted by Crippen LogP contribution is 2.31. The number of alkyl halides is 3. The number of esters is 1. The molecule has 0 saturated carbocycles. The fourth-order valence-corrected chi connectivity index (χ4v) is 1.73. The predicted octanol–water partition coefficient (Wildman–Crippen LogP) is 2.01. The van der Waals surface area contributed by atoms with Gasteiger partial charge in [0.25, 0.3) is 5.69 Å². The number of rotatable bonds is 5. The third-order valence-corrected chi connectivity index (χ3v) is 3.25. The number of non-ortho nitro benzene ring substituents is 1. The Morgan fingerprint density at radius 1 is 1.35 bits per heavy atom. The molecule has 0 aromatic heterocycles. The highest BCUT2D eigenvalue weighted by atomic mass is 32.2. The molecule has 1 aromatic carbocycles. The molecular formula is C11H8F3NO7S. The number of ether oxygens (including phenoxy) is 1. The van der Waals surface area contributed by atoms with Crippen molar-refractivity contribution in [3.05, 3.63) is 40.0 Å². The van der Waals surface area contributed by atoms with E-state index >= 15 is 0 Å². The summed E-state index contributed by atoms with van der Waals surface area (Å²) in [4.78, 5) is 20.8. The van der Waals surface area contributed by atoms with Gasteiger partial charge in [0.15, 0.2) is 5.75 Å². The van der Waals surface area contributed by atoms with Crippen LogP contribution in [0.25, 0.3) is 6.08 Å². The Labute approximate surface area is 127 Å². The SMILES string of the molecule is COC(=O)/C=C\c1cc([N+](=O)[O-])ccc1OS(=O)(=O)C(F)(F)F. The van der Waals surface area contributed by atoms with E-state index in [4.69, 9.17) is 0 Å². The van der Waals surface area contributed by atoms with Gasteiger partial charge in [-0.1, -0.05) is 0 Å². The lowest BCUT2D eigenvalue weighted by Crippen LogP contribution is -2.28. The standard InChI is InChI=1S/C11H8F3NO7S/c1-21-10(16)5-2-7-6-8(15(17)18)3-4-9(7)22-23(19,20)11(12,13)14/h2-6H,1H3/b5-2-. The van der Waals surface area contributed by atoms with Crippen LogP contribution in [0.15, 0.2) is 24.3 Å². The first-order valence-corrected chi connectivity index (χ1v) is 6.94. The third-order valence-electron chi connectivity index (χ3n) is 2.29. The molecule has 1 rings (SSSR count). The van der Waals surface area contributed by atoms with E-state index in [0.717, 1.165) is 31.4 Å². The molecule has 126 valence electrons. The highest BCUT2D eigenvalue weighted by Gasteiger charge is 2.48. The van der Waals surface area contributed by atoms with Gasteiger partial charge in [-0.2, -0.15) is 21.6 Å². The van der Waals surface area contributed by atoms with E-state index in [1.165, 1.54) is 0 Å². The van der Waals surface area contributed by atoms with Gasteiger partial charge in [-0.05, 0) is 12.1 Å². The van der Waals surface area contributed by atoms with Gasteiger partial charge in [-0.3, -0.25) is 10.1 Å². The number of halogens is 3. The molecule has 0 aliphatic rings. The van der Waals surface area contributed by atoms with Crippen molar-refractivity contribution >= 4 is 27.9 Å². The average molecular weight is 355 g/mol. The van der Waals surface area contributed by atoms with Crippen LogP contribution in [0.5, 0.6) is 5.75 Å². The molecular weight excluding hydrogens is 347 g/mol. The Morgan fingerprint density at radius 2 is 1.96 bits per heavy atom. The summed E-state index contributed by atoms with van der Waals surface area (Å²) in [6.45, 7) is 0. The maximum Gasteiger partial charge on any atom is 0.534 e. The summed E-state index contributed by atoms with van der Waals surface area (Å²) in [5.74, 6) is -1.76. The molecule has 0 spiro atoms. The van der Waals surface area contributed by atoms with Crippen molar-refractivity contribution in [2.75, 3.05) is 7.11 Å². The zero-order chi connectivity index (χ0) is 17.8. The van der Waals surface area contributed by atoms with Crippen molar-refractivity contribution < 1.29 is 40.2 Å². The van der Waals surface area contributed by atoms with Crippen molar-refractivity contribution in [2.24, 2.45) is 0 Å². The van der Waals surface area contributed by atoms with Gasteiger partial charge in [-0.15, -0.1) is 0 Å². The maximum absolute atomic E-state index is 12.3. The molecule has 0 aliphatic carbocycles. The first-order valence-electron chi connectivity index (χ1n) is 5.53. The number of nitro benzene ring substituents is 1. The predicted molar refractivity (Wildman–Crippen MR) is 69.7 cm³/mol. The number of nitrogens with zero attached hydrogens (tertiary/aromatic N) is 1. The fourth-order valence-electron chi connectivity index (χ4n) is 1.25. The Kier molecular flexibility index (Phi) is 5.32. The average Bonchev–Trinajstić information content (AvgIpc) is 2.43. The first kappa shape index (κ1) is 18.4. The smallest absolute Gasteiger partial charge is 0.466 e. The van der Waals surface area contributed by atoms with Crippen molar-refractivity contribution in [1.29, 1.82) is 0 Å². The molecule has 0 heterocycles. The molecule has 0 saturated heterocycles. The van der Waals surface area contributed by atoms with Gasteiger partial charge in [0.1, 0.15) is 0 Å². The van der Waals surface area contributed by atoms with Crippen LogP contribution in [-0.2, 0) is 19.6 Å². The van der Waals surface area contributed by atoms with E-state index < -0.39 is 43.5 Å². The molecule has 12 heteroatoms. The van der Waals surface area contributed by atoms with E-state index in [1.54, 1.807) is 0 Å². The van der Waals surface area contributed by atoms with E-state index in [1.807, 2.05) is 0 Å². The number of carbonyl (C=O) groups excluding carboxylic acids is 1. The summed E-state index contributed by atoms with van der Waals surface area (Å²) >= 11 is 0. The number of hydrogen-bond donors (Lipinski definition) is 0. The Morgan fingerprint density at radius 3 is 2.43 bits per heavy atom. The molecule has 0 radical (unpaired) electrons. The molecule has 8 nitrogen and oxygen atoms in total. The Balaban J connectivity index is 3.34. The van der Waals surface area contributed by atoms with Gasteiger partial charge in [0.05, 0.1) is 12.0 Å². The molecule has 0 N–H and O–H groups in total. The second-order valence-corrected chi connectivity index (χ2v) is 5.36. The lowest BCUT2D eigenvalue weighted by atomic mass is 10.1. The van der Waals surface area contributed by atoms with Crippen molar-refractivity contribution in [1.82, 2.24) is 0 Å². The van der Waals surface area contributed by atoms with E-state index in [-0.39, 0.29) is 0 Å². The molecule has 0 fully saturated rings. The lowest BCUT2D eigenvalue weighted by molar-refractivity contribution is -0.384. The van der Waals surface area contributed by atoms with Crippen LogP contribution in [0.2, 0.25) is 0 Å². The lowest BCUT2D eigenvalue weighted by Gasteiger charge is -2.11. The van der Waals surface area contributed by atoms with Gasteiger partial charge >= 0.3 is 21.6 Å². The van der Waals surface area contributed by atoms with Crippen LogP contribution in [0, 0.1) is 10.1 Å². The van der Waals surface area contributed by atoms with Crippen LogP contribution in [0.1, 0.15) is 5.56 Å². The largest absolute Gasteiger partial charge is 0.534 e. The molecule has 0 bridgehead atoms. The summed E-state index contributed by atoms with van der Waals surface area (Å²) in [6, 6.07) is 2.15. The fraction of sp³-hybridized carbons (Fsp3) is 0.182. The molecule has 23 heavy (non-hydrogen) atoms. The number of carbonyl (C=O) groups is 1. The second-order valence-electron chi connectivity index (χ2n) is 3.82. The summed E-state index contributed by atoms with van der Waals surface area (Å²) in [5, 5.41) is 10.7. The topological polar surface area (TPSA) is 113 Å². The number of methoxy groups -OCH3 is 1. The summed E-state index contributed by atoms with van der Waals surface area (Å²) in [7, 11) is -4.95. The first-order chi connectivity index (χ1) is 10.5. The van der Waals surface area contributed by atoms with Crippen LogP contribution in [-0.4, -0.2) is 31.9 Å². The van der Waals surface area contributed by atoms with Gasteiger partial charge < -0.3 is 8.92 Å². The van der Waals surface area contributed by atoms with E-state index in [9.17, 15) is 36.5 Å². The van der Waals surface area contributed by atoms with Crippen LogP contribution in [0.3, 0.4) is 0 Å². The zero-order valence-electron chi connectivity index (χ0n) is 11.2. The minimum Gasteiger partial charge on any atom is -0.466 e. The van der Waals surface area contributed by atoms with E-state index in [0.29, 0.717) is 6.07 Å². The molecule has 0 atom stereocenters. The second kappa shape index (κ2) is 6.64.